The van der Waals surface area contributed by atoms with Crippen LogP contribution >= 0.6 is 0 Å². The first-order chi connectivity index (χ1) is 12.8. The van der Waals surface area contributed by atoms with Gasteiger partial charge < -0.3 is 19.5 Å². The van der Waals surface area contributed by atoms with Crippen LogP contribution < -0.4 is 14.8 Å². The molecule has 0 heterocycles. The van der Waals surface area contributed by atoms with Gasteiger partial charge in [-0.15, -0.1) is 0 Å². The van der Waals surface area contributed by atoms with Gasteiger partial charge in [0.1, 0.15) is 11.5 Å². The van der Waals surface area contributed by atoms with Gasteiger partial charge in [0.2, 0.25) is 0 Å². The summed E-state index contributed by atoms with van der Waals surface area (Å²) in [5, 5.41) is 2.73. The molecule has 0 aliphatic rings. The number of hydrogen-bond donors (Lipinski definition) is 1. The van der Waals surface area contributed by atoms with Gasteiger partial charge in [0, 0.05) is 0 Å². The summed E-state index contributed by atoms with van der Waals surface area (Å²) in [6.45, 7) is 7.27. The molecule has 0 spiro atoms. The Morgan fingerprint density at radius 3 is 2.26 bits per heavy atom. The minimum Gasteiger partial charge on any atom is -0.495 e. The van der Waals surface area contributed by atoms with E-state index in [9.17, 15) is 9.59 Å². The van der Waals surface area contributed by atoms with E-state index in [1.165, 1.54) is 14.0 Å². The molecule has 1 atom stereocenters. The maximum absolute atomic E-state index is 12.4. The Morgan fingerprint density at radius 2 is 1.67 bits per heavy atom. The van der Waals surface area contributed by atoms with Crippen LogP contribution in [-0.4, -0.2) is 31.2 Å². The number of esters is 1. The van der Waals surface area contributed by atoms with Crippen molar-refractivity contribution in [1.82, 2.24) is 0 Å². The number of carbonyl (C=O) groups is 2. The third kappa shape index (κ3) is 5.74. The lowest BCUT2D eigenvalue weighted by Crippen LogP contribution is -2.30. The zero-order chi connectivity index (χ0) is 20.0. The van der Waals surface area contributed by atoms with Gasteiger partial charge >= 0.3 is 5.97 Å². The van der Waals surface area contributed by atoms with E-state index in [0.717, 1.165) is 5.56 Å². The quantitative estimate of drug-likeness (QED) is 0.746. The largest absolute Gasteiger partial charge is 0.495 e. The normalized spacial score (nSPS) is 11.6. The minimum absolute atomic E-state index is 0.0464. The molecule has 1 N–H and O–H groups in total. The third-order valence-electron chi connectivity index (χ3n) is 3.73. The molecule has 2 rings (SSSR count). The summed E-state index contributed by atoms with van der Waals surface area (Å²) in [6.07, 6.45) is -0.917. The van der Waals surface area contributed by atoms with Crippen molar-refractivity contribution in [2.45, 2.75) is 39.9 Å². The zero-order valence-electron chi connectivity index (χ0n) is 16.2. The maximum atomic E-state index is 12.4. The standard InChI is InChI=1S/C21H25NO5/c1-13(2)26-17-9-7-16(8-10-17)21(24)27-15(4)20(23)22-18-12-14(3)6-11-19(18)25-5/h6-13,15H,1-5H3,(H,22,23)/t15-/m0/s1. The molecule has 2 aromatic carbocycles. The van der Waals surface area contributed by atoms with Gasteiger partial charge in [0.05, 0.1) is 24.5 Å². The fraction of sp³-hybridized carbons (Fsp3) is 0.333. The first kappa shape index (κ1) is 20.3. The van der Waals surface area contributed by atoms with Gasteiger partial charge in [-0.1, -0.05) is 6.07 Å². The lowest BCUT2D eigenvalue weighted by Gasteiger charge is -2.16. The zero-order valence-corrected chi connectivity index (χ0v) is 16.2. The van der Waals surface area contributed by atoms with Crippen molar-refractivity contribution in [3.63, 3.8) is 0 Å². The van der Waals surface area contributed by atoms with Crippen LogP contribution in [-0.2, 0) is 9.53 Å². The monoisotopic (exact) mass is 371 g/mol. The first-order valence-electron chi connectivity index (χ1n) is 8.73. The highest BCUT2D eigenvalue weighted by Crippen LogP contribution is 2.25. The molecule has 0 bridgehead atoms. The SMILES string of the molecule is COc1ccc(C)cc1NC(=O)[C@H](C)OC(=O)c1ccc(OC(C)C)cc1. The summed E-state index contributed by atoms with van der Waals surface area (Å²) < 4.78 is 16.0. The Morgan fingerprint density at radius 1 is 1.00 bits per heavy atom. The van der Waals surface area contributed by atoms with Crippen LogP contribution in [0.2, 0.25) is 0 Å². The maximum Gasteiger partial charge on any atom is 0.338 e. The van der Waals surface area contributed by atoms with Crippen molar-refractivity contribution >= 4 is 17.6 Å². The second-order valence-corrected chi connectivity index (χ2v) is 6.43. The lowest BCUT2D eigenvalue weighted by atomic mass is 10.2. The van der Waals surface area contributed by atoms with Crippen molar-refractivity contribution < 1.29 is 23.8 Å². The second-order valence-electron chi connectivity index (χ2n) is 6.43. The molecule has 0 radical (unpaired) electrons. The summed E-state index contributed by atoms with van der Waals surface area (Å²) in [6, 6.07) is 12.0. The number of ether oxygens (including phenoxy) is 3. The molecule has 0 aliphatic heterocycles. The predicted octanol–water partition coefficient (Wildman–Crippen LogP) is 3.97. The van der Waals surface area contributed by atoms with Crippen LogP contribution in [0.5, 0.6) is 11.5 Å². The third-order valence-corrected chi connectivity index (χ3v) is 3.73. The summed E-state index contributed by atoms with van der Waals surface area (Å²) >= 11 is 0. The molecule has 2 aromatic rings. The van der Waals surface area contributed by atoms with E-state index in [-0.39, 0.29) is 6.10 Å². The van der Waals surface area contributed by atoms with E-state index in [2.05, 4.69) is 5.32 Å². The van der Waals surface area contributed by atoms with Crippen LogP contribution in [0.15, 0.2) is 42.5 Å². The highest BCUT2D eigenvalue weighted by molar-refractivity contribution is 5.98. The number of hydrogen-bond acceptors (Lipinski definition) is 5. The predicted molar refractivity (Wildman–Crippen MR) is 103 cm³/mol. The molecule has 0 aromatic heterocycles. The smallest absolute Gasteiger partial charge is 0.338 e. The van der Waals surface area contributed by atoms with Gasteiger partial charge in [0.25, 0.3) is 5.91 Å². The summed E-state index contributed by atoms with van der Waals surface area (Å²) in [5.74, 6) is 0.184. The van der Waals surface area contributed by atoms with E-state index in [0.29, 0.717) is 22.7 Å². The fourth-order valence-corrected chi connectivity index (χ4v) is 2.38. The van der Waals surface area contributed by atoms with E-state index in [1.807, 2.05) is 26.8 Å². The van der Waals surface area contributed by atoms with E-state index < -0.39 is 18.0 Å². The Hall–Kier alpha value is -3.02. The Bertz CT molecular complexity index is 799. The highest BCUT2D eigenvalue weighted by Gasteiger charge is 2.20. The first-order valence-corrected chi connectivity index (χ1v) is 8.73. The van der Waals surface area contributed by atoms with Gasteiger partial charge in [-0.3, -0.25) is 4.79 Å². The fourth-order valence-electron chi connectivity index (χ4n) is 2.38. The number of methoxy groups -OCH3 is 1. The average Bonchev–Trinajstić information content (AvgIpc) is 2.61. The number of anilines is 1. The average molecular weight is 371 g/mol. The summed E-state index contributed by atoms with van der Waals surface area (Å²) in [7, 11) is 1.52. The molecule has 27 heavy (non-hydrogen) atoms. The van der Waals surface area contributed by atoms with E-state index >= 15 is 0 Å². The van der Waals surface area contributed by atoms with Gasteiger partial charge in [-0.05, 0) is 69.7 Å². The van der Waals surface area contributed by atoms with Crippen molar-refractivity contribution in [1.29, 1.82) is 0 Å². The molecular formula is C21H25NO5. The Kier molecular flexibility index (Phi) is 6.82. The molecule has 6 heteroatoms. The van der Waals surface area contributed by atoms with E-state index in [1.54, 1.807) is 36.4 Å². The van der Waals surface area contributed by atoms with Crippen LogP contribution in [0.3, 0.4) is 0 Å². The molecule has 0 saturated carbocycles. The Labute approximate surface area is 159 Å². The minimum atomic E-state index is -0.964. The highest BCUT2D eigenvalue weighted by atomic mass is 16.5. The van der Waals surface area contributed by atoms with Crippen molar-refractivity contribution in [3.8, 4) is 11.5 Å². The molecule has 0 saturated heterocycles. The molecular weight excluding hydrogens is 346 g/mol. The van der Waals surface area contributed by atoms with Crippen LogP contribution in [0.1, 0.15) is 36.7 Å². The number of rotatable bonds is 7. The van der Waals surface area contributed by atoms with Crippen molar-refractivity contribution in [2.75, 3.05) is 12.4 Å². The molecule has 6 nitrogen and oxygen atoms in total. The number of benzene rings is 2. The van der Waals surface area contributed by atoms with Gasteiger partial charge in [-0.25, -0.2) is 4.79 Å². The van der Waals surface area contributed by atoms with Crippen LogP contribution in [0.4, 0.5) is 5.69 Å². The molecule has 0 unspecified atom stereocenters. The lowest BCUT2D eigenvalue weighted by molar-refractivity contribution is -0.123. The second kappa shape index (κ2) is 9.07. The molecule has 144 valence electrons. The molecule has 0 fully saturated rings. The summed E-state index contributed by atoms with van der Waals surface area (Å²) in [4.78, 5) is 24.6. The number of aryl methyl sites for hydroxylation is 1. The number of amides is 1. The van der Waals surface area contributed by atoms with Gasteiger partial charge in [0.15, 0.2) is 6.10 Å². The van der Waals surface area contributed by atoms with Gasteiger partial charge in [-0.2, -0.15) is 0 Å². The number of carbonyl (C=O) groups excluding carboxylic acids is 2. The molecule has 1 amide bonds. The van der Waals surface area contributed by atoms with Crippen LogP contribution in [0.25, 0.3) is 0 Å². The van der Waals surface area contributed by atoms with Crippen molar-refractivity contribution in [3.05, 3.63) is 53.6 Å². The van der Waals surface area contributed by atoms with Crippen molar-refractivity contribution in [2.24, 2.45) is 0 Å². The van der Waals surface area contributed by atoms with E-state index in [4.69, 9.17) is 14.2 Å². The number of nitrogens with one attached hydrogen (secondary N) is 1. The topological polar surface area (TPSA) is 73.9 Å². The molecule has 0 aliphatic carbocycles. The Balaban J connectivity index is 1.99. The van der Waals surface area contributed by atoms with Crippen LogP contribution in [0, 0.1) is 6.92 Å². The summed E-state index contributed by atoms with van der Waals surface area (Å²) in [5.41, 5.74) is 1.85.